The molecule has 1 saturated heterocycles. The molecule has 20 heavy (non-hydrogen) atoms. The lowest BCUT2D eigenvalue weighted by molar-refractivity contribution is -0.0342. The summed E-state index contributed by atoms with van der Waals surface area (Å²) in [6, 6.07) is 15.1. The first kappa shape index (κ1) is 13.8. The van der Waals surface area contributed by atoms with E-state index >= 15 is 0 Å². The van der Waals surface area contributed by atoms with E-state index in [0.717, 1.165) is 39.1 Å². The van der Waals surface area contributed by atoms with Crippen LogP contribution in [0.4, 0.5) is 0 Å². The third-order valence-electron chi connectivity index (χ3n) is 3.78. The maximum absolute atomic E-state index is 5.91. The van der Waals surface area contributed by atoms with Crippen LogP contribution in [0, 0.1) is 0 Å². The van der Waals surface area contributed by atoms with Gasteiger partial charge in [-0.1, -0.05) is 36.4 Å². The molecule has 1 aromatic heterocycles. The Balaban J connectivity index is 1.48. The van der Waals surface area contributed by atoms with Crippen molar-refractivity contribution >= 4 is 11.3 Å². The average Bonchev–Trinajstić information content (AvgIpc) is 3.00. The van der Waals surface area contributed by atoms with Gasteiger partial charge >= 0.3 is 0 Å². The van der Waals surface area contributed by atoms with Crippen molar-refractivity contribution in [1.82, 2.24) is 4.90 Å². The quantitative estimate of drug-likeness (QED) is 0.833. The lowest BCUT2D eigenvalue weighted by Gasteiger charge is -2.32. The fraction of sp³-hybridized carbons (Fsp3) is 0.412. The SMILES string of the molecule is c1ccc(CC[C@@H]2CN(Cc3cccs3)CCO2)cc1. The van der Waals surface area contributed by atoms with Crippen molar-refractivity contribution in [2.45, 2.75) is 25.5 Å². The van der Waals surface area contributed by atoms with Gasteiger partial charge in [0.25, 0.3) is 0 Å². The molecule has 1 aliphatic heterocycles. The third-order valence-corrected chi connectivity index (χ3v) is 4.64. The van der Waals surface area contributed by atoms with E-state index in [2.05, 4.69) is 52.7 Å². The number of ether oxygens (including phenoxy) is 1. The van der Waals surface area contributed by atoms with Gasteiger partial charge in [-0.25, -0.2) is 0 Å². The van der Waals surface area contributed by atoms with Crippen LogP contribution in [0.5, 0.6) is 0 Å². The second-order valence-corrected chi connectivity index (χ2v) is 6.36. The summed E-state index contributed by atoms with van der Waals surface area (Å²) in [6.07, 6.45) is 2.60. The zero-order valence-electron chi connectivity index (χ0n) is 11.7. The van der Waals surface area contributed by atoms with E-state index < -0.39 is 0 Å². The van der Waals surface area contributed by atoms with Crippen LogP contribution >= 0.6 is 11.3 Å². The summed E-state index contributed by atoms with van der Waals surface area (Å²) in [4.78, 5) is 3.97. The molecule has 0 N–H and O–H groups in total. The van der Waals surface area contributed by atoms with Gasteiger partial charge in [0.15, 0.2) is 0 Å². The molecule has 0 radical (unpaired) electrons. The summed E-state index contributed by atoms with van der Waals surface area (Å²) < 4.78 is 5.91. The van der Waals surface area contributed by atoms with Gasteiger partial charge in [0.2, 0.25) is 0 Å². The normalized spacial score (nSPS) is 20.1. The molecule has 2 heterocycles. The minimum Gasteiger partial charge on any atom is -0.376 e. The molecule has 0 spiro atoms. The van der Waals surface area contributed by atoms with Crippen molar-refractivity contribution in [2.24, 2.45) is 0 Å². The van der Waals surface area contributed by atoms with E-state index in [9.17, 15) is 0 Å². The minimum absolute atomic E-state index is 0.379. The van der Waals surface area contributed by atoms with Crippen LogP contribution in [-0.2, 0) is 17.7 Å². The second-order valence-electron chi connectivity index (χ2n) is 5.33. The third kappa shape index (κ3) is 3.92. The van der Waals surface area contributed by atoms with Crippen molar-refractivity contribution in [2.75, 3.05) is 19.7 Å². The zero-order valence-corrected chi connectivity index (χ0v) is 12.5. The Kier molecular flexibility index (Phi) is 4.85. The standard InChI is InChI=1S/C17H21NOS/c1-2-5-15(6-3-1)8-9-16-13-18(10-11-19-16)14-17-7-4-12-20-17/h1-7,12,16H,8-11,13-14H2/t16-/m1/s1. The Hall–Kier alpha value is -1.16. The van der Waals surface area contributed by atoms with Crippen LogP contribution in [-0.4, -0.2) is 30.7 Å². The molecule has 3 heteroatoms. The first-order valence-corrected chi connectivity index (χ1v) is 8.18. The predicted molar refractivity (Wildman–Crippen MR) is 84.1 cm³/mol. The molecule has 1 aromatic carbocycles. The maximum Gasteiger partial charge on any atom is 0.0705 e. The van der Waals surface area contributed by atoms with Crippen LogP contribution in [0.15, 0.2) is 47.8 Å². The molecule has 1 atom stereocenters. The molecular formula is C17H21NOS. The lowest BCUT2D eigenvalue weighted by atomic mass is 10.1. The number of aryl methyl sites for hydroxylation is 1. The van der Waals surface area contributed by atoms with Crippen molar-refractivity contribution in [1.29, 1.82) is 0 Å². The van der Waals surface area contributed by atoms with E-state index in [0.29, 0.717) is 6.10 Å². The number of nitrogens with zero attached hydrogens (tertiary/aromatic N) is 1. The molecule has 1 fully saturated rings. The number of rotatable bonds is 5. The Morgan fingerprint density at radius 2 is 2.05 bits per heavy atom. The zero-order chi connectivity index (χ0) is 13.6. The van der Waals surface area contributed by atoms with Gasteiger partial charge in [0.05, 0.1) is 12.7 Å². The Bertz CT molecular complexity index is 497. The first-order chi connectivity index (χ1) is 9.90. The molecule has 3 rings (SSSR count). The van der Waals surface area contributed by atoms with Crippen LogP contribution in [0.25, 0.3) is 0 Å². The number of thiophene rings is 1. The molecule has 0 aliphatic carbocycles. The van der Waals surface area contributed by atoms with Gasteiger partial charge < -0.3 is 4.74 Å². The summed E-state index contributed by atoms with van der Waals surface area (Å²) in [6.45, 7) is 4.05. The van der Waals surface area contributed by atoms with E-state index in [1.54, 1.807) is 0 Å². The molecular weight excluding hydrogens is 266 g/mol. The molecule has 1 aliphatic rings. The summed E-state index contributed by atoms with van der Waals surface area (Å²) in [5.41, 5.74) is 1.41. The smallest absolute Gasteiger partial charge is 0.0705 e. The fourth-order valence-corrected chi connectivity index (χ4v) is 3.44. The van der Waals surface area contributed by atoms with Gasteiger partial charge in [-0.05, 0) is 29.9 Å². The summed E-state index contributed by atoms with van der Waals surface area (Å²) in [5.74, 6) is 0. The van der Waals surface area contributed by atoms with E-state index in [-0.39, 0.29) is 0 Å². The highest BCUT2D eigenvalue weighted by molar-refractivity contribution is 7.09. The van der Waals surface area contributed by atoms with Crippen LogP contribution < -0.4 is 0 Å². The van der Waals surface area contributed by atoms with Crippen LogP contribution in [0.3, 0.4) is 0 Å². The molecule has 2 aromatic rings. The first-order valence-electron chi connectivity index (χ1n) is 7.30. The topological polar surface area (TPSA) is 12.5 Å². The van der Waals surface area contributed by atoms with Gasteiger partial charge in [-0.15, -0.1) is 11.3 Å². The molecule has 2 nitrogen and oxygen atoms in total. The fourth-order valence-electron chi connectivity index (χ4n) is 2.69. The highest BCUT2D eigenvalue weighted by atomic mass is 32.1. The van der Waals surface area contributed by atoms with Gasteiger partial charge in [-0.2, -0.15) is 0 Å². The molecule has 0 amide bonds. The highest BCUT2D eigenvalue weighted by Crippen LogP contribution is 2.17. The number of benzene rings is 1. The van der Waals surface area contributed by atoms with Crippen molar-refractivity contribution in [3.63, 3.8) is 0 Å². The van der Waals surface area contributed by atoms with Gasteiger partial charge in [0.1, 0.15) is 0 Å². The number of hydrogen-bond acceptors (Lipinski definition) is 3. The Labute approximate surface area is 125 Å². The average molecular weight is 287 g/mol. The largest absolute Gasteiger partial charge is 0.376 e. The lowest BCUT2D eigenvalue weighted by Crippen LogP contribution is -2.41. The highest BCUT2D eigenvalue weighted by Gasteiger charge is 2.20. The van der Waals surface area contributed by atoms with E-state index in [1.807, 2.05) is 11.3 Å². The molecule has 106 valence electrons. The Morgan fingerprint density at radius 3 is 2.85 bits per heavy atom. The van der Waals surface area contributed by atoms with Crippen LogP contribution in [0.1, 0.15) is 16.9 Å². The van der Waals surface area contributed by atoms with Crippen molar-refractivity contribution in [3.8, 4) is 0 Å². The molecule has 0 saturated carbocycles. The van der Waals surface area contributed by atoms with Crippen molar-refractivity contribution in [3.05, 3.63) is 58.3 Å². The Morgan fingerprint density at radius 1 is 1.15 bits per heavy atom. The number of hydrogen-bond donors (Lipinski definition) is 0. The number of morpholine rings is 1. The predicted octanol–water partition coefficient (Wildman–Crippen LogP) is 3.58. The summed E-state index contributed by atoms with van der Waals surface area (Å²) in [5, 5.41) is 2.16. The monoisotopic (exact) mass is 287 g/mol. The summed E-state index contributed by atoms with van der Waals surface area (Å²) in [7, 11) is 0. The minimum atomic E-state index is 0.379. The summed E-state index contributed by atoms with van der Waals surface area (Å²) >= 11 is 1.85. The molecule has 0 bridgehead atoms. The van der Waals surface area contributed by atoms with Crippen molar-refractivity contribution < 1.29 is 4.74 Å². The van der Waals surface area contributed by atoms with Gasteiger partial charge in [0, 0.05) is 24.5 Å². The van der Waals surface area contributed by atoms with E-state index in [4.69, 9.17) is 4.74 Å². The molecule has 0 unspecified atom stereocenters. The maximum atomic E-state index is 5.91. The second kappa shape index (κ2) is 7.02. The van der Waals surface area contributed by atoms with E-state index in [1.165, 1.54) is 10.4 Å². The van der Waals surface area contributed by atoms with Gasteiger partial charge in [-0.3, -0.25) is 4.90 Å². The van der Waals surface area contributed by atoms with Crippen LogP contribution in [0.2, 0.25) is 0 Å².